The maximum atomic E-state index is 12.2. The van der Waals surface area contributed by atoms with Crippen LogP contribution in [0.15, 0.2) is 76.1 Å². The summed E-state index contributed by atoms with van der Waals surface area (Å²) in [6, 6.07) is 16.9. The first-order valence-corrected chi connectivity index (χ1v) is 9.86. The van der Waals surface area contributed by atoms with Gasteiger partial charge in [-0.2, -0.15) is 0 Å². The van der Waals surface area contributed by atoms with Gasteiger partial charge in [-0.05, 0) is 35.2 Å². The summed E-state index contributed by atoms with van der Waals surface area (Å²) >= 11 is 1.58. The van der Waals surface area contributed by atoms with Gasteiger partial charge in [0, 0.05) is 16.8 Å². The molecule has 3 rings (SSSR count). The second-order valence-corrected chi connectivity index (χ2v) is 7.82. The molecule has 24 heavy (non-hydrogen) atoms. The van der Waals surface area contributed by atoms with Gasteiger partial charge in [0.15, 0.2) is 0 Å². The summed E-state index contributed by atoms with van der Waals surface area (Å²) in [6.45, 7) is 0.246. The Morgan fingerprint density at radius 3 is 2.58 bits per heavy atom. The zero-order valence-corrected chi connectivity index (χ0v) is 14.5. The molecule has 6 heteroatoms. The van der Waals surface area contributed by atoms with Gasteiger partial charge >= 0.3 is 0 Å². The van der Waals surface area contributed by atoms with E-state index in [1.807, 2.05) is 53.9 Å². The summed E-state index contributed by atoms with van der Waals surface area (Å²) in [5.41, 5.74) is 0.837. The molecule has 2 heterocycles. The van der Waals surface area contributed by atoms with Crippen molar-refractivity contribution in [2.75, 3.05) is 6.54 Å². The SMILES string of the molecule is O=S(=O)(/C=C/c1ccccc1)NCC(c1ccco1)c1cccs1. The predicted molar refractivity (Wildman–Crippen MR) is 97.3 cm³/mol. The smallest absolute Gasteiger partial charge is 0.233 e. The molecule has 1 N–H and O–H groups in total. The maximum Gasteiger partial charge on any atom is 0.233 e. The van der Waals surface area contributed by atoms with E-state index in [0.717, 1.165) is 16.2 Å². The molecule has 0 saturated heterocycles. The molecule has 2 aromatic heterocycles. The van der Waals surface area contributed by atoms with E-state index < -0.39 is 10.0 Å². The minimum absolute atomic E-state index is 0.139. The molecule has 0 saturated carbocycles. The summed E-state index contributed by atoms with van der Waals surface area (Å²) in [6.07, 6.45) is 3.18. The number of hydrogen-bond acceptors (Lipinski definition) is 4. The maximum absolute atomic E-state index is 12.2. The zero-order chi connectivity index (χ0) is 16.8. The van der Waals surface area contributed by atoms with E-state index in [2.05, 4.69) is 4.72 Å². The average molecular weight is 359 g/mol. The summed E-state index contributed by atoms with van der Waals surface area (Å²) in [5, 5.41) is 3.16. The lowest BCUT2D eigenvalue weighted by atomic mass is 10.1. The van der Waals surface area contributed by atoms with Crippen LogP contribution < -0.4 is 4.72 Å². The van der Waals surface area contributed by atoms with E-state index in [4.69, 9.17) is 4.42 Å². The van der Waals surface area contributed by atoms with Crippen LogP contribution in [0.3, 0.4) is 0 Å². The third kappa shape index (κ3) is 4.44. The molecule has 1 aromatic carbocycles. The molecule has 0 spiro atoms. The highest BCUT2D eigenvalue weighted by Crippen LogP contribution is 2.28. The van der Waals surface area contributed by atoms with Gasteiger partial charge in [0.05, 0.1) is 12.2 Å². The fourth-order valence-electron chi connectivity index (χ4n) is 2.30. The van der Waals surface area contributed by atoms with Gasteiger partial charge in [-0.15, -0.1) is 11.3 Å². The number of benzene rings is 1. The molecule has 4 nitrogen and oxygen atoms in total. The van der Waals surface area contributed by atoms with Crippen molar-refractivity contribution >= 4 is 27.4 Å². The Hall–Kier alpha value is -2.15. The molecule has 3 aromatic rings. The fraction of sp³-hybridized carbons (Fsp3) is 0.111. The van der Waals surface area contributed by atoms with Gasteiger partial charge in [-0.1, -0.05) is 36.4 Å². The zero-order valence-electron chi connectivity index (χ0n) is 12.8. The molecule has 0 aliphatic heterocycles. The molecule has 0 fully saturated rings. The largest absolute Gasteiger partial charge is 0.469 e. The van der Waals surface area contributed by atoms with Crippen molar-refractivity contribution in [3.8, 4) is 0 Å². The molecular formula is C18H17NO3S2. The number of furan rings is 1. The minimum atomic E-state index is -3.52. The third-order valence-corrected chi connectivity index (χ3v) is 5.55. The van der Waals surface area contributed by atoms with Crippen LogP contribution in [0.2, 0.25) is 0 Å². The Kier molecular flexibility index (Phi) is 5.30. The highest BCUT2D eigenvalue weighted by Gasteiger charge is 2.20. The number of sulfonamides is 1. The predicted octanol–water partition coefficient (Wildman–Crippen LogP) is 4.06. The number of rotatable bonds is 7. The van der Waals surface area contributed by atoms with E-state index in [1.165, 1.54) is 5.41 Å². The van der Waals surface area contributed by atoms with Crippen LogP contribution in [0, 0.1) is 0 Å². The van der Waals surface area contributed by atoms with Crippen LogP contribution in [0.4, 0.5) is 0 Å². The van der Waals surface area contributed by atoms with Crippen LogP contribution >= 0.6 is 11.3 Å². The lowest BCUT2D eigenvalue weighted by Crippen LogP contribution is -2.26. The lowest BCUT2D eigenvalue weighted by Gasteiger charge is -2.13. The molecule has 1 unspecified atom stereocenters. The molecule has 0 aliphatic rings. The Balaban J connectivity index is 1.71. The molecule has 124 valence electrons. The van der Waals surface area contributed by atoms with E-state index in [0.29, 0.717) is 0 Å². The second-order valence-electron chi connectivity index (χ2n) is 5.19. The molecule has 0 radical (unpaired) electrons. The van der Waals surface area contributed by atoms with E-state index in [1.54, 1.807) is 29.7 Å². The first-order valence-electron chi connectivity index (χ1n) is 7.44. The number of nitrogens with one attached hydrogen (secondary N) is 1. The molecule has 0 bridgehead atoms. The van der Waals surface area contributed by atoms with Gasteiger partial charge in [-0.3, -0.25) is 0 Å². The van der Waals surface area contributed by atoms with Crippen molar-refractivity contribution in [1.82, 2.24) is 4.72 Å². The van der Waals surface area contributed by atoms with Crippen LogP contribution in [0.25, 0.3) is 6.08 Å². The summed E-state index contributed by atoms with van der Waals surface area (Å²) in [5.74, 6) is 0.604. The second kappa shape index (κ2) is 7.61. The summed E-state index contributed by atoms with van der Waals surface area (Å²) in [7, 11) is -3.52. The van der Waals surface area contributed by atoms with Crippen LogP contribution in [0.1, 0.15) is 22.1 Å². The third-order valence-electron chi connectivity index (χ3n) is 3.50. The van der Waals surface area contributed by atoms with Gasteiger partial charge in [-0.25, -0.2) is 13.1 Å². The van der Waals surface area contributed by atoms with Gasteiger partial charge in [0.2, 0.25) is 10.0 Å². The van der Waals surface area contributed by atoms with Crippen molar-refractivity contribution in [3.63, 3.8) is 0 Å². The monoisotopic (exact) mass is 359 g/mol. The average Bonchev–Trinajstić information content (AvgIpc) is 3.28. The van der Waals surface area contributed by atoms with Gasteiger partial charge < -0.3 is 4.42 Å². The number of hydrogen-bond donors (Lipinski definition) is 1. The van der Waals surface area contributed by atoms with Crippen molar-refractivity contribution < 1.29 is 12.8 Å². The Morgan fingerprint density at radius 1 is 1.08 bits per heavy atom. The van der Waals surface area contributed by atoms with E-state index in [9.17, 15) is 8.42 Å². The van der Waals surface area contributed by atoms with Gasteiger partial charge in [0.1, 0.15) is 5.76 Å². The standard InChI is InChI=1S/C18H17NO3S2/c20-24(21,13-10-15-6-2-1-3-7-15)19-14-16(17-8-4-11-22-17)18-9-5-12-23-18/h1-13,16,19H,14H2/b13-10+. The normalized spacial score (nSPS) is 13.3. The van der Waals surface area contributed by atoms with Gasteiger partial charge in [0.25, 0.3) is 0 Å². The van der Waals surface area contributed by atoms with Crippen molar-refractivity contribution in [2.45, 2.75) is 5.92 Å². The highest BCUT2D eigenvalue weighted by atomic mass is 32.2. The Bertz CT molecular complexity index is 834. The van der Waals surface area contributed by atoms with Crippen LogP contribution in [-0.2, 0) is 10.0 Å². The topological polar surface area (TPSA) is 59.3 Å². The minimum Gasteiger partial charge on any atom is -0.469 e. The molecule has 1 atom stereocenters. The van der Waals surface area contributed by atoms with Crippen LogP contribution in [0.5, 0.6) is 0 Å². The van der Waals surface area contributed by atoms with E-state index in [-0.39, 0.29) is 12.5 Å². The number of thiophene rings is 1. The Morgan fingerprint density at radius 2 is 1.92 bits per heavy atom. The first-order chi connectivity index (χ1) is 11.6. The molecular weight excluding hydrogens is 342 g/mol. The van der Waals surface area contributed by atoms with Crippen molar-refractivity contribution in [3.05, 3.63) is 87.8 Å². The van der Waals surface area contributed by atoms with E-state index >= 15 is 0 Å². The summed E-state index contributed by atoms with van der Waals surface area (Å²) in [4.78, 5) is 1.06. The van der Waals surface area contributed by atoms with Crippen LogP contribution in [-0.4, -0.2) is 15.0 Å². The highest BCUT2D eigenvalue weighted by molar-refractivity contribution is 7.92. The summed E-state index contributed by atoms with van der Waals surface area (Å²) < 4.78 is 32.6. The van der Waals surface area contributed by atoms with Crippen molar-refractivity contribution in [2.24, 2.45) is 0 Å². The Labute approximate surface area is 145 Å². The van der Waals surface area contributed by atoms with Crippen molar-refractivity contribution in [1.29, 1.82) is 0 Å². The molecule has 0 amide bonds. The molecule has 0 aliphatic carbocycles. The lowest BCUT2D eigenvalue weighted by molar-refractivity contribution is 0.484. The quantitative estimate of drug-likeness (QED) is 0.692. The first kappa shape index (κ1) is 16.7. The fourth-order valence-corrected chi connectivity index (χ4v) is 3.97.